The number of nitrogens with zero attached hydrogens (tertiary/aromatic N) is 2. The van der Waals surface area contributed by atoms with Crippen LogP contribution in [0.5, 0.6) is 5.75 Å². The SMILES string of the molecule is CCNC(Cc1cc(Br)cc2c1OCC2)c1cn(C)cn1. The topological polar surface area (TPSA) is 39.1 Å². The predicted octanol–water partition coefficient (Wildman–Crippen LogP) is 3.01. The van der Waals surface area contributed by atoms with Crippen molar-refractivity contribution in [1.29, 1.82) is 0 Å². The molecule has 2 heterocycles. The largest absolute Gasteiger partial charge is 0.493 e. The molecule has 0 saturated carbocycles. The highest BCUT2D eigenvalue weighted by Crippen LogP contribution is 2.35. The molecule has 1 aliphatic heterocycles. The van der Waals surface area contributed by atoms with Crippen molar-refractivity contribution in [3.8, 4) is 5.75 Å². The Hall–Kier alpha value is -1.33. The number of aromatic nitrogens is 2. The van der Waals surface area contributed by atoms with Crippen LogP contribution >= 0.6 is 15.9 Å². The number of ether oxygens (including phenoxy) is 1. The standard InChI is InChI=1S/C16H20BrN3O/c1-3-18-14(15-9-20(2)10-19-15)8-12-7-13(17)6-11-4-5-21-16(11)12/h6-7,9-10,14,18H,3-5,8H2,1-2H3. The quantitative estimate of drug-likeness (QED) is 0.901. The zero-order valence-corrected chi connectivity index (χ0v) is 14.0. The van der Waals surface area contributed by atoms with Crippen LogP contribution in [0.1, 0.15) is 29.8 Å². The third-order valence-electron chi connectivity index (χ3n) is 3.78. The summed E-state index contributed by atoms with van der Waals surface area (Å²) in [5, 5.41) is 3.52. The van der Waals surface area contributed by atoms with Gasteiger partial charge >= 0.3 is 0 Å². The molecule has 2 aromatic rings. The molecule has 0 aliphatic carbocycles. The molecule has 112 valence electrons. The van der Waals surface area contributed by atoms with Crippen LogP contribution in [-0.2, 0) is 19.9 Å². The second kappa shape index (κ2) is 6.20. The van der Waals surface area contributed by atoms with E-state index in [4.69, 9.17) is 4.74 Å². The molecule has 0 bridgehead atoms. The molecule has 1 unspecified atom stereocenters. The van der Waals surface area contributed by atoms with E-state index in [-0.39, 0.29) is 6.04 Å². The van der Waals surface area contributed by atoms with Crippen LogP contribution in [0.2, 0.25) is 0 Å². The summed E-state index contributed by atoms with van der Waals surface area (Å²) < 4.78 is 8.94. The van der Waals surface area contributed by atoms with Crippen molar-refractivity contribution in [2.45, 2.75) is 25.8 Å². The number of nitrogens with one attached hydrogen (secondary N) is 1. The molecule has 5 heteroatoms. The van der Waals surface area contributed by atoms with Crippen LogP contribution in [0.25, 0.3) is 0 Å². The van der Waals surface area contributed by atoms with Gasteiger partial charge in [0.05, 0.1) is 24.7 Å². The first-order valence-electron chi connectivity index (χ1n) is 7.32. The van der Waals surface area contributed by atoms with Gasteiger partial charge in [-0.1, -0.05) is 22.9 Å². The summed E-state index contributed by atoms with van der Waals surface area (Å²) in [4.78, 5) is 4.49. The van der Waals surface area contributed by atoms with E-state index in [0.717, 1.165) is 41.9 Å². The van der Waals surface area contributed by atoms with Gasteiger partial charge in [-0.3, -0.25) is 0 Å². The number of fused-ring (bicyclic) bond motifs is 1. The Bertz CT molecular complexity index is 638. The van der Waals surface area contributed by atoms with Crippen molar-refractivity contribution in [2.24, 2.45) is 7.05 Å². The van der Waals surface area contributed by atoms with Crippen molar-refractivity contribution >= 4 is 15.9 Å². The molecule has 1 aromatic heterocycles. The molecule has 0 amide bonds. The molecular weight excluding hydrogens is 330 g/mol. The van der Waals surface area contributed by atoms with Crippen LogP contribution in [-0.4, -0.2) is 22.7 Å². The van der Waals surface area contributed by atoms with Crippen LogP contribution in [0, 0.1) is 0 Å². The van der Waals surface area contributed by atoms with Crippen molar-refractivity contribution in [3.63, 3.8) is 0 Å². The van der Waals surface area contributed by atoms with Crippen LogP contribution in [0.15, 0.2) is 29.1 Å². The van der Waals surface area contributed by atoms with E-state index in [2.05, 4.69) is 51.5 Å². The summed E-state index contributed by atoms with van der Waals surface area (Å²) in [6.45, 7) is 3.82. The number of aryl methyl sites for hydroxylation is 1. The predicted molar refractivity (Wildman–Crippen MR) is 86.7 cm³/mol. The average Bonchev–Trinajstić information content (AvgIpc) is 3.06. The van der Waals surface area contributed by atoms with E-state index in [1.165, 1.54) is 11.1 Å². The zero-order valence-electron chi connectivity index (χ0n) is 12.4. The lowest BCUT2D eigenvalue weighted by Gasteiger charge is -2.18. The van der Waals surface area contributed by atoms with Gasteiger partial charge in [0.2, 0.25) is 0 Å². The molecule has 1 atom stereocenters. The smallest absolute Gasteiger partial charge is 0.125 e. The summed E-state index contributed by atoms with van der Waals surface area (Å²) >= 11 is 3.61. The van der Waals surface area contributed by atoms with Gasteiger partial charge in [-0.05, 0) is 36.2 Å². The fraction of sp³-hybridized carbons (Fsp3) is 0.438. The van der Waals surface area contributed by atoms with Gasteiger partial charge in [0, 0.05) is 24.1 Å². The highest BCUT2D eigenvalue weighted by Gasteiger charge is 2.21. The molecule has 1 aliphatic rings. The fourth-order valence-corrected chi connectivity index (χ4v) is 3.41. The lowest BCUT2D eigenvalue weighted by atomic mass is 10.00. The number of halogens is 1. The maximum atomic E-state index is 5.83. The monoisotopic (exact) mass is 349 g/mol. The van der Waals surface area contributed by atoms with Crippen LogP contribution in [0.3, 0.4) is 0 Å². The number of benzene rings is 1. The third kappa shape index (κ3) is 3.14. The van der Waals surface area contributed by atoms with Crippen molar-refractivity contribution in [2.75, 3.05) is 13.2 Å². The third-order valence-corrected chi connectivity index (χ3v) is 4.24. The number of likely N-dealkylation sites (N-methyl/N-ethyl adjacent to an activating group) is 1. The van der Waals surface area contributed by atoms with Gasteiger partial charge in [0.15, 0.2) is 0 Å². The van der Waals surface area contributed by atoms with Crippen molar-refractivity contribution in [1.82, 2.24) is 14.9 Å². The molecule has 4 nitrogen and oxygen atoms in total. The van der Waals surface area contributed by atoms with Gasteiger partial charge in [-0.25, -0.2) is 4.98 Å². The Morgan fingerprint density at radius 3 is 3.05 bits per heavy atom. The van der Waals surface area contributed by atoms with Gasteiger partial charge in [0.1, 0.15) is 5.75 Å². The van der Waals surface area contributed by atoms with Crippen molar-refractivity contribution in [3.05, 3.63) is 46.0 Å². The maximum absolute atomic E-state index is 5.83. The molecule has 3 rings (SSSR count). The summed E-state index contributed by atoms with van der Waals surface area (Å²) in [6.07, 6.45) is 5.80. The number of hydrogen-bond acceptors (Lipinski definition) is 3. The minimum absolute atomic E-state index is 0.207. The molecule has 1 aromatic carbocycles. The van der Waals surface area contributed by atoms with E-state index in [1.807, 2.05) is 17.9 Å². The van der Waals surface area contributed by atoms with E-state index < -0.39 is 0 Å². The summed E-state index contributed by atoms with van der Waals surface area (Å²) in [5.41, 5.74) is 3.62. The van der Waals surface area contributed by atoms with Crippen molar-refractivity contribution < 1.29 is 4.74 Å². The second-order valence-electron chi connectivity index (χ2n) is 5.43. The Morgan fingerprint density at radius 1 is 1.48 bits per heavy atom. The molecule has 0 fully saturated rings. The minimum atomic E-state index is 0.207. The maximum Gasteiger partial charge on any atom is 0.125 e. The molecule has 0 radical (unpaired) electrons. The Balaban J connectivity index is 1.90. The zero-order chi connectivity index (χ0) is 14.8. The van der Waals surface area contributed by atoms with Gasteiger partial charge in [-0.15, -0.1) is 0 Å². The minimum Gasteiger partial charge on any atom is -0.493 e. The lowest BCUT2D eigenvalue weighted by molar-refractivity contribution is 0.351. The van der Waals surface area contributed by atoms with E-state index >= 15 is 0 Å². The van der Waals surface area contributed by atoms with Gasteiger partial charge in [0.25, 0.3) is 0 Å². The van der Waals surface area contributed by atoms with E-state index in [1.54, 1.807) is 0 Å². The normalized spacial score (nSPS) is 14.8. The average molecular weight is 350 g/mol. The van der Waals surface area contributed by atoms with Gasteiger partial charge < -0.3 is 14.6 Å². The number of imidazole rings is 1. The molecule has 0 spiro atoms. The number of rotatable bonds is 5. The summed E-state index contributed by atoms with van der Waals surface area (Å²) in [6, 6.07) is 4.53. The van der Waals surface area contributed by atoms with E-state index in [9.17, 15) is 0 Å². The Morgan fingerprint density at radius 2 is 2.33 bits per heavy atom. The number of hydrogen-bond donors (Lipinski definition) is 1. The highest BCUT2D eigenvalue weighted by atomic mass is 79.9. The van der Waals surface area contributed by atoms with Crippen LogP contribution < -0.4 is 10.1 Å². The van der Waals surface area contributed by atoms with Gasteiger partial charge in [-0.2, -0.15) is 0 Å². The fourth-order valence-electron chi connectivity index (χ4n) is 2.86. The molecule has 21 heavy (non-hydrogen) atoms. The first-order valence-corrected chi connectivity index (χ1v) is 8.12. The molecule has 0 saturated heterocycles. The summed E-state index contributed by atoms with van der Waals surface area (Å²) in [5.74, 6) is 1.07. The molecular formula is C16H20BrN3O. The lowest BCUT2D eigenvalue weighted by Crippen LogP contribution is -2.23. The first-order chi connectivity index (χ1) is 10.2. The molecule has 1 N–H and O–H groups in total. The highest BCUT2D eigenvalue weighted by molar-refractivity contribution is 9.10. The Labute approximate surface area is 133 Å². The Kier molecular flexibility index (Phi) is 4.31. The first kappa shape index (κ1) is 14.6. The van der Waals surface area contributed by atoms with E-state index in [0.29, 0.717) is 0 Å². The summed E-state index contributed by atoms with van der Waals surface area (Å²) in [7, 11) is 2.00. The second-order valence-corrected chi connectivity index (χ2v) is 6.35. The van der Waals surface area contributed by atoms with Crippen LogP contribution in [0.4, 0.5) is 0 Å².